The first-order chi connectivity index (χ1) is 14.9. The zero-order chi connectivity index (χ0) is 22.0. The van der Waals surface area contributed by atoms with Crippen molar-refractivity contribution in [2.24, 2.45) is 7.05 Å². The molecule has 2 saturated heterocycles. The molecule has 2 aliphatic rings. The number of amides is 1. The molecule has 170 valence electrons. The van der Waals surface area contributed by atoms with Crippen molar-refractivity contribution in [3.05, 3.63) is 35.9 Å². The Bertz CT molecular complexity index is 877. The fraction of sp³-hybridized carbons (Fsp3) is 0.682. The summed E-state index contributed by atoms with van der Waals surface area (Å²) in [7, 11) is 4.09. The zero-order valence-corrected chi connectivity index (χ0v) is 19.1. The molecule has 2 fully saturated rings. The van der Waals surface area contributed by atoms with Gasteiger partial charge in [0.25, 0.3) is 5.91 Å². The summed E-state index contributed by atoms with van der Waals surface area (Å²) in [5.74, 6) is 0.00366. The minimum absolute atomic E-state index is 0.00366. The van der Waals surface area contributed by atoms with E-state index in [-0.39, 0.29) is 24.1 Å². The highest BCUT2D eigenvalue weighted by atomic mass is 16.5. The number of nitrogens with zero attached hydrogens (tertiary/aromatic N) is 7. The summed E-state index contributed by atoms with van der Waals surface area (Å²) in [6, 6.07) is 1.76. The smallest absolute Gasteiger partial charge is 0.272 e. The van der Waals surface area contributed by atoms with E-state index in [1.54, 1.807) is 15.6 Å². The number of likely N-dealkylation sites (N-methyl/N-ethyl adjacent to an activating group) is 1. The van der Waals surface area contributed by atoms with Crippen molar-refractivity contribution in [1.82, 2.24) is 34.3 Å². The molecule has 0 spiro atoms. The predicted molar refractivity (Wildman–Crippen MR) is 118 cm³/mol. The SMILES string of the molecule is CC(C)n1nccc1C(=O)N1CCO[C@@H](CN2CCCN(C)CC2)[C@@H]1c1cnn(C)c1. The first-order valence-electron chi connectivity index (χ1n) is 11.3. The van der Waals surface area contributed by atoms with E-state index >= 15 is 0 Å². The summed E-state index contributed by atoms with van der Waals surface area (Å²) in [6.07, 6.45) is 6.63. The van der Waals surface area contributed by atoms with Crippen molar-refractivity contribution < 1.29 is 9.53 Å². The van der Waals surface area contributed by atoms with Crippen molar-refractivity contribution in [2.45, 2.75) is 38.5 Å². The van der Waals surface area contributed by atoms with E-state index in [0.29, 0.717) is 18.8 Å². The van der Waals surface area contributed by atoms with Crippen molar-refractivity contribution in [3.8, 4) is 0 Å². The molecule has 0 N–H and O–H groups in total. The summed E-state index contributed by atoms with van der Waals surface area (Å²) in [5, 5.41) is 8.76. The molecule has 2 aliphatic heterocycles. The molecule has 1 amide bonds. The molecule has 31 heavy (non-hydrogen) atoms. The molecule has 0 saturated carbocycles. The molecule has 9 heteroatoms. The van der Waals surface area contributed by atoms with E-state index < -0.39 is 0 Å². The van der Waals surface area contributed by atoms with Crippen LogP contribution in [-0.2, 0) is 11.8 Å². The van der Waals surface area contributed by atoms with Crippen LogP contribution in [0.4, 0.5) is 0 Å². The van der Waals surface area contributed by atoms with Crippen molar-refractivity contribution >= 4 is 5.91 Å². The van der Waals surface area contributed by atoms with E-state index in [2.05, 4.69) is 27.0 Å². The number of hydrogen-bond donors (Lipinski definition) is 0. The van der Waals surface area contributed by atoms with Crippen LogP contribution in [0.2, 0.25) is 0 Å². The van der Waals surface area contributed by atoms with E-state index in [4.69, 9.17) is 4.74 Å². The summed E-state index contributed by atoms with van der Waals surface area (Å²) in [4.78, 5) is 20.5. The molecular formula is C22H35N7O2. The molecule has 9 nitrogen and oxygen atoms in total. The topological polar surface area (TPSA) is 71.7 Å². The maximum atomic E-state index is 13.7. The molecule has 0 radical (unpaired) electrons. The van der Waals surface area contributed by atoms with Gasteiger partial charge in [0.1, 0.15) is 5.69 Å². The Labute approximate surface area is 184 Å². The van der Waals surface area contributed by atoms with Crippen LogP contribution in [0.15, 0.2) is 24.7 Å². The molecule has 0 aliphatic carbocycles. The third-order valence-electron chi connectivity index (χ3n) is 6.31. The molecule has 4 rings (SSSR count). The number of aryl methyl sites for hydroxylation is 1. The third kappa shape index (κ3) is 4.83. The van der Waals surface area contributed by atoms with Gasteiger partial charge in [-0.25, -0.2) is 0 Å². The van der Waals surface area contributed by atoms with E-state index in [1.807, 2.05) is 44.3 Å². The van der Waals surface area contributed by atoms with Crippen molar-refractivity contribution in [1.29, 1.82) is 0 Å². The largest absolute Gasteiger partial charge is 0.373 e. The van der Waals surface area contributed by atoms with Crippen LogP contribution in [0.3, 0.4) is 0 Å². The zero-order valence-electron chi connectivity index (χ0n) is 19.1. The average molecular weight is 430 g/mol. The van der Waals surface area contributed by atoms with Gasteiger partial charge in [0.15, 0.2) is 0 Å². The third-order valence-corrected chi connectivity index (χ3v) is 6.31. The Morgan fingerprint density at radius 3 is 2.74 bits per heavy atom. The summed E-state index contributed by atoms with van der Waals surface area (Å²) in [5.41, 5.74) is 1.64. The van der Waals surface area contributed by atoms with Gasteiger partial charge in [-0.2, -0.15) is 10.2 Å². The molecule has 2 atom stereocenters. The summed E-state index contributed by atoms with van der Waals surface area (Å²) < 4.78 is 9.89. The van der Waals surface area contributed by atoms with Crippen molar-refractivity contribution in [3.63, 3.8) is 0 Å². The number of carbonyl (C=O) groups excluding carboxylic acids is 1. The normalized spacial score (nSPS) is 24.0. The minimum atomic E-state index is -0.175. The number of rotatable bonds is 5. The van der Waals surface area contributed by atoms with Gasteiger partial charge >= 0.3 is 0 Å². The molecule has 2 aromatic heterocycles. The number of hydrogen-bond acceptors (Lipinski definition) is 6. The van der Waals surface area contributed by atoms with Gasteiger partial charge in [-0.15, -0.1) is 0 Å². The highest BCUT2D eigenvalue weighted by Crippen LogP contribution is 2.32. The molecule has 4 heterocycles. The monoisotopic (exact) mass is 429 g/mol. The lowest BCUT2D eigenvalue weighted by atomic mass is 9.99. The van der Waals surface area contributed by atoms with Crippen LogP contribution in [0.1, 0.15) is 48.4 Å². The maximum absolute atomic E-state index is 13.7. The number of carbonyl (C=O) groups is 1. The van der Waals surface area contributed by atoms with Gasteiger partial charge in [-0.3, -0.25) is 19.1 Å². The Balaban J connectivity index is 1.61. The highest BCUT2D eigenvalue weighted by molar-refractivity contribution is 5.93. The Kier molecular flexibility index (Phi) is 6.74. The standard InChI is InChI=1S/C22H35N7O2/c1-17(2)29-19(6-7-23-29)22(30)28-12-13-31-20(21(28)18-14-24-26(4)15-18)16-27-9-5-8-25(3)10-11-27/h6-7,14-15,17,20-21H,5,8-13,16H2,1-4H3/t20-,21-/m0/s1. The molecule has 0 bridgehead atoms. The quantitative estimate of drug-likeness (QED) is 0.716. The lowest BCUT2D eigenvalue weighted by Crippen LogP contribution is -2.52. The average Bonchev–Trinajstić information content (AvgIpc) is 3.35. The Morgan fingerprint density at radius 1 is 1.16 bits per heavy atom. The second kappa shape index (κ2) is 9.50. The van der Waals surface area contributed by atoms with E-state index in [1.165, 1.54) is 0 Å². The maximum Gasteiger partial charge on any atom is 0.272 e. The van der Waals surface area contributed by atoms with Gasteiger partial charge in [0.2, 0.25) is 0 Å². The molecule has 2 aromatic rings. The van der Waals surface area contributed by atoms with Crippen LogP contribution >= 0.6 is 0 Å². The number of aromatic nitrogens is 4. The predicted octanol–water partition coefficient (Wildman–Crippen LogP) is 1.42. The van der Waals surface area contributed by atoms with Crippen LogP contribution in [0.5, 0.6) is 0 Å². The molecule has 0 unspecified atom stereocenters. The Morgan fingerprint density at radius 2 is 2.00 bits per heavy atom. The lowest BCUT2D eigenvalue weighted by Gasteiger charge is -2.42. The second-order valence-corrected chi connectivity index (χ2v) is 9.01. The van der Waals surface area contributed by atoms with Gasteiger partial charge in [0, 0.05) is 57.2 Å². The second-order valence-electron chi connectivity index (χ2n) is 9.01. The molecule has 0 aromatic carbocycles. The highest BCUT2D eigenvalue weighted by Gasteiger charge is 2.39. The number of ether oxygens (including phenoxy) is 1. The van der Waals surface area contributed by atoms with Crippen LogP contribution in [0.25, 0.3) is 0 Å². The van der Waals surface area contributed by atoms with Gasteiger partial charge in [-0.05, 0) is 46.5 Å². The van der Waals surface area contributed by atoms with Crippen molar-refractivity contribution in [2.75, 3.05) is 52.9 Å². The van der Waals surface area contributed by atoms with Gasteiger partial charge in [-0.1, -0.05) is 0 Å². The number of morpholine rings is 1. The van der Waals surface area contributed by atoms with Gasteiger partial charge in [0.05, 0.1) is 24.9 Å². The fourth-order valence-corrected chi connectivity index (χ4v) is 4.68. The van der Waals surface area contributed by atoms with E-state index in [0.717, 1.165) is 44.7 Å². The first-order valence-corrected chi connectivity index (χ1v) is 11.3. The molecular weight excluding hydrogens is 394 g/mol. The van der Waals surface area contributed by atoms with Crippen LogP contribution in [-0.4, -0.2) is 99.2 Å². The van der Waals surface area contributed by atoms with Crippen LogP contribution < -0.4 is 0 Å². The Hall–Kier alpha value is -2.23. The summed E-state index contributed by atoms with van der Waals surface area (Å²) >= 11 is 0. The van der Waals surface area contributed by atoms with E-state index in [9.17, 15) is 4.79 Å². The van der Waals surface area contributed by atoms with Crippen LogP contribution in [0, 0.1) is 0 Å². The lowest BCUT2D eigenvalue weighted by molar-refractivity contribution is -0.0726. The first kappa shape index (κ1) is 22.0. The fourth-order valence-electron chi connectivity index (χ4n) is 4.68. The minimum Gasteiger partial charge on any atom is -0.373 e. The summed E-state index contributed by atoms with van der Waals surface area (Å²) in [6.45, 7) is 10.2. The van der Waals surface area contributed by atoms with Gasteiger partial charge < -0.3 is 14.5 Å².